The average Bonchev–Trinajstić information content (AvgIpc) is 2.31. The van der Waals surface area contributed by atoms with Gasteiger partial charge in [0, 0.05) is 45.6 Å². The molecule has 0 amide bonds. The van der Waals surface area contributed by atoms with Crippen LogP contribution in [0.25, 0.3) is 0 Å². The van der Waals surface area contributed by atoms with Crippen molar-refractivity contribution in [3.8, 4) is 0 Å². The molecule has 0 aromatic heterocycles. The molecule has 88 valence electrons. The second kappa shape index (κ2) is 5.83. The highest BCUT2D eigenvalue weighted by atomic mass is 15.3. The zero-order valence-corrected chi connectivity index (χ0v) is 10.1. The van der Waals surface area contributed by atoms with Gasteiger partial charge in [-0.15, -0.1) is 0 Å². The Labute approximate surface area is 93.8 Å². The first-order valence-corrected chi connectivity index (χ1v) is 6.65. The minimum atomic E-state index is 0.989. The molecule has 2 aliphatic rings. The van der Waals surface area contributed by atoms with E-state index in [4.69, 9.17) is 0 Å². The summed E-state index contributed by atoms with van der Waals surface area (Å²) in [5, 5.41) is 2.46. The van der Waals surface area contributed by atoms with E-state index in [0.29, 0.717) is 0 Å². The van der Waals surface area contributed by atoms with Crippen molar-refractivity contribution >= 4 is 0 Å². The molecule has 2 saturated heterocycles. The summed E-state index contributed by atoms with van der Waals surface area (Å²) in [4.78, 5) is 5.24. The largest absolute Gasteiger partial charge is 0.346 e. The summed E-state index contributed by atoms with van der Waals surface area (Å²) in [7, 11) is 0. The summed E-state index contributed by atoms with van der Waals surface area (Å²) in [6, 6.07) is 0. The highest BCUT2D eigenvalue weighted by molar-refractivity contribution is 4.74. The number of nitrogens with zero attached hydrogens (tertiary/aromatic N) is 2. The molecule has 2 heterocycles. The van der Waals surface area contributed by atoms with Gasteiger partial charge in [-0.1, -0.05) is 6.92 Å². The predicted octanol–water partition coefficient (Wildman–Crippen LogP) is -0.403. The highest BCUT2D eigenvalue weighted by Gasteiger charge is 2.21. The third-order valence-electron chi connectivity index (χ3n) is 3.99. The molecule has 15 heavy (non-hydrogen) atoms. The zero-order valence-electron chi connectivity index (χ0n) is 10.1. The maximum atomic E-state index is 2.68. The molecular formula is C12H26N3+. The van der Waals surface area contributed by atoms with Crippen LogP contribution < -0.4 is 5.32 Å². The fourth-order valence-corrected chi connectivity index (χ4v) is 2.83. The zero-order chi connectivity index (χ0) is 10.5. The van der Waals surface area contributed by atoms with Crippen LogP contribution in [0.2, 0.25) is 0 Å². The van der Waals surface area contributed by atoms with Gasteiger partial charge in [-0.3, -0.25) is 0 Å². The van der Waals surface area contributed by atoms with Crippen LogP contribution >= 0.6 is 0 Å². The van der Waals surface area contributed by atoms with Gasteiger partial charge in [0.05, 0.1) is 13.1 Å². The van der Waals surface area contributed by atoms with Gasteiger partial charge in [0.25, 0.3) is 0 Å². The smallest absolute Gasteiger partial charge is 0.0758 e. The molecule has 2 aliphatic heterocycles. The van der Waals surface area contributed by atoms with Crippen LogP contribution in [0.1, 0.15) is 19.8 Å². The second-order valence-corrected chi connectivity index (χ2v) is 5.04. The molecule has 2 N–H and O–H groups in total. The molecule has 0 atom stereocenters. The predicted molar refractivity (Wildman–Crippen MR) is 62.9 cm³/mol. The molecule has 0 radical (unpaired) electrons. The summed E-state index contributed by atoms with van der Waals surface area (Å²) in [6.45, 7) is 12.8. The normalized spacial score (nSPS) is 27.0. The van der Waals surface area contributed by atoms with Gasteiger partial charge in [-0.25, -0.2) is 0 Å². The minimum absolute atomic E-state index is 0.989. The molecule has 0 aromatic rings. The van der Waals surface area contributed by atoms with Crippen LogP contribution in [0.4, 0.5) is 0 Å². The average molecular weight is 212 g/mol. The summed E-state index contributed by atoms with van der Waals surface area (Å²) in [5.41, 5.74) is 0. The van der Waals surface area contributed by atoms with E-state index in [-0.39, 0.29) is 0 Å². The van der Waals surface area contributed by atoms with Crippen LogP contribution in [-0.2, 0) is 0 Å². The van der Waals surface area contributed by atoms with E-state index in [1.807, 2.05) is 0 Å². The van der Waals surface area contributed by atoms with Crippen molar-refractivity contribution in [3.05, 3.63) is 0 Å². The number of piperazine rings is 1. The Kier molecular flexibility index (Phi) is 4.42. The number of piperidine rings is 1. The monoisotopic (exact) mass is 212 g/mol. The van der Waals surface area contributed by atoms with E-state index >= 15 is 0 Å². The number of nitrogens with two attached hydrogens (primary N) is 1. The van der Waals surface area contributed by atoms with Gasteiger partial charge in [-0.2, -0.15) is 0 Å². The molecule has 2 rings (SSSR count). The lowest BCUT2D eigenvalue weighted by atomic mass is 9.97. The maximum Gasteiger partial charge on any atom is 0.0758 e. The SMILES string of the molecule is CCN1CCN(CC2CC[NH2+]CC2)CC1. The van der Waals surface area contributed by atoms with Crippen molar-refractivity contribution in [2.45, 2.75) is 19.8 Å². The third kappa shape index (κ3) is 3.44. The maximum absolute atomic E-state index is 2.68. The summed E-state index contributed by atoms with van der Waals surface area (Å²) < 4.78 is 0. The Balaban J connectivity index is 1.67. The topological polar surface area (TPSA) is 23.1 Å². The van der Waals surface area contributed by atoms with Gasteiger partial charge < -0.3 is 15.1 Å². The Hall–Kier alpha value is -0.120. The molecule has 0 aromatic carbocycles. The number of hydrogen-bond donors (Lipinski definition) is 1. The summed E-state index contributed by atoms with van der Waals surface area (Å²) >= 11 is 0. The molecular weight excluding hydrogens is 186 g/mol. The molecule has 2 fully saturated rings. The Morgan fingerprint density at radius 3 is 2.20 bits per heavy atom. The molecule has 0 spiro atoms. The van der Waals surface area contributed by atoms with Crippen LogP contribution in [0.3, 0.4) is 0 Å². The Morgan fingerprint density at radius 1 is 1.00 bits per heavy atom. The van der Waals surface area contributed by atoms with Crippen molar-refractivity contribution in [1.82, 2.24) is 9.80 Å². The fraction of sp³-hybridized carbons (Fsp3) is 1.00. The van der Waals surface area contributed by atoms with Crippen molar-refractivity contribution in [1.29, 1.82) is 0 Å². The quantitative estimate of drug-likeness (QED) is 0.688. The fourth-order valence-electron chi connectivity index (χ4n) is 2.83. The molecule has 3 heteroatoms. The van der Waals surface area contributed by atoms with Gasteiger partial charge in [-0.05, 0) is 12.5 Å². The molecule has 0 bridgehead atoms. The van der Waals surface area contributed by atoms with Crippen LogP contribution in [0.5, 0.6) is 0 Å². The van der Waals surface area contributed by atoms with E-state index in [9.17, 15) is 0 Å². The van der Waals surface area contributed by atoms with Gasteiger partial charge >= 0.3 is 0 Å². The van der Waals surface area contributed by atoms with E-state index in [2.05, 4.69) is 22.0 Å². The Morgan fingerprint density at radius 2 is 1.60 bits per heavy atom. The first kappa shape index (κ1) is 11.4. The van der Waals surface area contributed by atoms with E-state index in [0.717, 1.165) is 5.92 Å². The van der Waals surface area contributed by atoms with Crippen LogP contribution in [0, 0.1) is 5.92 Å². The minimum Gasteiger partial charge on any atom is -0.346 e. The number of rotatable bonds is 3. The van der Waals surface area contributed by atoms with Gasteiger partial charge in [0.1, 0.15) is 0 Å². The molecule has 0 unspecified atom stereocenters. The number of quaternary nitrogens is 1. The lowest BCUT2D eigenvalue weighted by Gasteiger charge is -2.36. The first-order chi connectivity index (χ1) is 7.38. The second-order valence-electron chi connectivity index (χ2n) is 5.04. The Bertz CT molecular complexity index is 170. The van der Waals surface area contributed by atoms with Gasteiger partial charge in [0.15, 0.2) is 0 Å². The van der Waals surface area contributed by atoms with Crippen LogP contribution in [-0.4, -0.2) is 62.2 Å². The van der Waals surface area contributed by atoms with E-state index in [1.165, 1.54) is 65.2 Å². The highest BCUT2D eigenvalue weighted by Crippen LogP contribution is 2.12. The van der Waals surface area contributed by atoms with E-state index < -0.39 is 0 Å². The number of likely N-dealkylation sites (N-methyl/N-ethyl adjacent to an activating group) is 1. The third-order valence-corrected chi connectivity index (χ3v) is 3.99. The van der Waals surface area contributed by atoms with Crippen molar-refractivity contribution in [3.63, 3.8) is 0 Å². The summed E-state index contributed by atoms with van der Waals surface area (Å²) in [6.07, 6.45) is 2.88. The van der Waals surface area contributed by atoms with Gasteiger partial charge in [0.2, 0.25) is 0 Å². The lowest BCUT2D eigenvalue weighted by molar-refractivity contribution is -0.664. The standard InChI is InChI=1S/C12H25N3/c1-2-14-7-9-15(10-8-14)11-12-3-5-13-6-4-12/h12-13H,2-11H2,1H3/p+1. The molecule has 0 saturated carbocycles. The lowest BCUT2D eigenvalue weighted by Crippen LogP contribution is -2.86. The van der Waals surface area contributed by atoms with Crippen molar-refractivity contribution < 1.29 is 5.32 Å². The molecule has 3 nitrogen and oxygen atoms in total. The first-order valence-electron chi connectivity index (χ1n) is 6.65. The summed E-state index contributed by atoms with van der Waals surface area (Å²) in [5.74, 6) is 0.989. The number of hydrogen-bond acceptors (Lipinski definition) is 2. The van der Waals surface area contributed by atoms with Crippen molar-refractivity contribution in [2.75, 3.05) is 52.4 Å². The molecule has 0 aliphatic carbocycles. The van der Waals surface area contributed by atoms with Crippen molar-refractivity contribution in [2.24, 2.45) is 5.92 Å². The van der Waals surface area contributed by atoms with Crippen LogP contribution in [0.15, 0.2) is 0 Å². The van der Waals surface area contributed by atoms with E-state index in [1.54, 1.807) is 0 Å².